The Morgan fingerprint density at radius 3 is 2.32 bits per heavy atom. The molecule has 0 aromatic heterocycles. The number of aliphatic hydroxyl groups is 1. The smallest absolute Gasteiger partial charge is 0.140 e. The number of benzene rings is 2. The van der Waals surface area contributed by atoms with Crippen molar-refractivity contribution < 1.29 is 10.2 Å². The van der Waals surface area contributed by atoms with Gasteiger partial charge >= 0.3 is 0 Å². The van der Waals surface area contributed by atoms with Crippen molar-refractivity contribution in [1.29, 1.82) is 0 Å². The number of phenols is 1. The summed E-state index contributed by atoms with van der Waals surface area (Å²) in [5.41, 5.74) is 0.616. The first-order chi connectivity index (χ1) is 10.6. The van der Waals surface area contributed by atoms with Crippen LogP contribution in [0.15, 0.2) is 78.4 Å². The summed E-state index contributed by atoms with van der Waals surface area (Å²) in [5, 5.41) is 21.7. The van der Waals surface area contributed by atoms with Crippen molar-refractivity contribution in [2.45, 2.75) is 25.9 Å². The average Bonchev–Trinajstić information content (AvgIpc) is 2.55. The van der Waals surface area contributed by atoms with E-state index in [1.807, 2.05) is 61.5 Å². The SMILES string of the molecule is CC/C=C\C=C(/C)C(O)(c1ccccc1)c1ccccc1O. The summed E-state index contributed by atoms with van der Waals surface area (Å²) in [4.78, 5) is 0. The maximum absolute atomic E-state index is 11.4. The van der Waals surface area contributed by atoms with E-state index in [0.29, 0.717) is 5.56 Å². The fourth-order valence-electron chi connectivity index (χ4n) is 2.52. The molecule has 0 radical (unpaired) electrons. The molecule has 1 unspecified atom stereocenters. The first-order valence-corrected chi connectivity index (χ1v) is 7.51. The van der Waals surface area contributed by atoms with Gasteiger partial charge in [-0.05, 0) is 30.5 Å². The fourth-order valence-corrected chi connectivity index (χ4v) is 2.52. The number of hydrogen-bond donors (Lipinski definition) is 2. The highest BCUT2D eigenvalue weighted by Crippen LogP contribution is 2.40. The number of rotatable bonds is 5. The van der Waals surface area contributed by atoms with Crippen molar-refractivity contribution in [1.82, 2.24) is 0 Å². The van der Waals surface area contributed by atoms with Crippen molar-refractivity contribution >= 4 is 0 Å². The normalized spacial score (nSPS) is 15.0. The third-order valence-corrected chi connectivity index (χ3v) is 3.77. The quantitative estimate of drug-likeness (QED) is 0.795. The Morgan fingerprint density at radius 1 is 1.05 bits per heavy atom. The predicted octanol–water partition coefficient (Wildman–Crippen LogP) is 4.54. The molecule has 2 N–H and O–H groups in total. The van der Waals surface area contributed by atoms with Crippen LogP contribution in [0.25, 0.3) is 0 Å². The fraction of sp³-hybridized carbons (Fsp3) is 0.200. The lowest BCUT2D eigenvalue weighted by Crippen LogP contribution is -2.28. The van der Waals surface area contributed by atoms with E-state index in [4.69, 9.17) is 0 Å². The van der Waals surface area contributed by atoms with Crippen LogP contribution in [0, 0.1) is 0 Å². The molecule has 0 aliphatic heterocycles. The molecule has 114 valence electrons. The van der Waals surface area contributed by atoms with E-state index in [2.05, 4.69) is 6.92 Å². The largest absolute Gasteiger partial charge is 0.508 e. The van der Waals surface area contributed by atoms with Crippen molar-refractivity contribution in [2.24, 2.45) is 0 Å². The van der Waals surface area contributed by atoms with Gasteiger partial charge in [0.2, 0.25) is 0 Å². The predicted molar refractivity (Wildman–Crippen MR) is 90.7 cm³/mol. The molecule has 2 aromatic rings. The van der Waals surface area contributed by atoms with Crippen LogP contribution in [0.4, 0.5) is 0 Å². The molecule has 0 heterocycles. The number of allylic oxidation sites excluding steroid dienone is 3. The molecule has 0 spiro atoms. The lowest BCUT2D eigenvalue weighted by Gasteiger charge is -2.31. The Hall–Kier alpha value is -2.32. The van der Waals surface area contributed by atoms with Crippen LogP contribution in [-0.2, 0) is 5.60 Å². The summed E-state index contributed by atoms with van der Waals surface area (Å²) in [5.74, 6) is 0.0843. The molecular weight excluding hydrogens is 272 g/mol. The summed E-state index contributed by atoms with van der Waals surface area (Å²) in [6.07, 6.45) is 6.79. The van der Waals surface area contributed by atoms with Gasteiger partial charge in [0.05, 0.1) is 0 Å². The molecule has 2 rings (SSSR count). The van der Waals surface area contributed by atoms with E-state index in [9.17, 15) is 10.2 Å². The summed E-state index contributed by atoms with van der Waals surface area (Å²) in [6, 6.07) is 16.3. The molecule has 0 saturated carbocycles. The Bertz CT molecular complexity index is 671. The minimum Gasteiger partial charge on any atom is -0.508 e. The molecular formula is C20H22O2. The molecule has 22 heavy (non-hydrogen) atoms. The second-order valence-corrected chi connectivity index (χ2v) is 5.28. The first kappa shape index (κ1) is 16.1. The molecule has 0 saturated heterocycles. The maximum atomic E-state index is 11.4. The van der Waals surface area contributed by atoms with Gasteiger partial charge in [-0.3, -0.25) is 0 Å². The van der Waals surface area contributed by atoms with E-state index in [0.717, 1.165) is 17.6 Å². The molecule has 2 heteroatoms. The summed E-state index contributed by atoms with van der Waals surface area (Å²) < 4.78 is 0. The molecule has 0 bridgehead atoms. The first-order valence-electron chi connectivity index (χ1n) is 7.51. The minimum atomic E-state index is -1.36. The van der Waals surface area contributed by atoms with E-state index < -0.39 is 5.60 Å². The van der Waals surface area contributed by atoms with Gasteiger partial charge in [0, 0.05) is 5.56 Å². The Kier molecular flexibility index (Phi) is 5.18. The summed E-state index contributed by atoms with van der Waals surface area (Å²) in [7, 11) is 0. The van der Waals surface area contributed by atoms with Crippen molar-refractivity contribution in [3.63, 3.8) is 0 Å². The zero-order chi connectivity index (χ0) is 16.0. The topological polar surface area (TPSA) is 40.5 Å². The molecule has 0 aliphatic rings. The highest BCUT2D eigenvalue weighted by molar-refractivity contribution is 5.50. The van der Waals surface area contributed by atoms with Gasteiger partial charge in [0.1, 0.15) is 11.4 Å². The second kappa shape index (κ2) is 7.10. The van der Waals surface area contributed by atoms with Crippen LogP contribution in [0.2, 0.25) is 0 Å². The third kappa shape index (κ3) is 3.12. The van der Waals surface area contributed by atoms with Crippen LogP contribution in [0.1, 0.15) is 31.4 Å². The minimum absolute atomic E-state index is 0.0843. The van der Waals surface area contributed by atoms with Gasteiger partial charge in [-0.15, -0.1) is 0 Å². The van der Waals surface area contributed by atoms with Crippen molar-refractivity contribution in [2.75, 3.05) is 0 Å². The van der Waals surface area contributed by atoms with Crippen LogP contribution < -0.4 is 0 Å². The highest BCUT2D eigenvalue weighted by atomic mass is 16.3. The number of para-hydroxylation sites is 1. The van der Waals surface area contributed by atoms with Crippen LogP contribution in [-0.4, -0.2) is 10.2 Å². The average molecular weight is 294 g/mol. The Balaban J connectivity index is 2.63. The molecule has 0 amide bonds. The van der Waals surface area contributed by atoms with Gasteiger partial charge in [0.15, 0.2) is 0 Å². The zero-order valence-electron chi connectivity index (χ0n) is 13.0. The molecule has 2 nitrogen and oxygen atoms in total. The number of phenolic OH excluding ortho intramolecular Hbond substituents is 1. The zero-order valence-corrected chi connectivity index (χ0v) is 13.0. The standard InChI is InChI=1S/C20H22O2/c1-3-4-6-11-16(2)20(22,17-12-7-5-8-13-17)18-14-9-10-15-19(18)21/h4-15,21-22H,3H2,1-2H3/b6-4-,16-11+. The van der Waals surface area contributed by atoms with E-state index in [-0.39, 0.29) is 5.75 Å². The van der Waals surface area contributed by atoms with Crippen LogP contribution in [0.5, 0.6) is 5.75 Å². The third-order valence-electron chi connectivity index (χ3n) is 3.77. The van der Waals surface area contributed by atoms with Gasteiger partial charge in [0.25, 0.3) is 0 Å². The lowest BCUT2D eigenvalue weighted by molar-refractivity contribution is 0.118. The van der Waals surface area contributed by atoms with E-state index >= 15 is 0 Å². The molecule has 2 aromatic carbocycles. The van der Waals surface area contributed by atoms with Crippen LogP contribution in [0.3, 0.4) is 0 Å². The van der Waals surface area contributed by atoms with Crippen molar-refractivity contribution in [3.8, 4) is 5.75 Å². The van der Waals surface area contributed by atoms with E-state index in [1.165, 1.54) is 0 Å². The van der Waals surface area contributed by atoms with Gasteiger partial charge in [-0.1, -0.05) is 73.7 Å². The summed E-state index contributed by atoms with van der Waals surface area (Å²) in [6.45, 7) is 3.94. The number of hydrogen-bond acceptors (Lipinski definition) is 2. The highest BCUT2D eigenvalue weighted by Gasteiger charge is 2.35. The number of aromatic hydroxyl groups is 1. The Labute approximate surface area is 132 Å². The van der Waals surface area contributed by atoms with Gasteiger partial charge in [-0.2, -0.15) is 0 Å². The Morgan fingerprint density at radius 2 is 1.68 bits per heavy atom. The molecule has 0 aliphatic carbocycles. The monoisotopic (exact) mass is 294 g/mol. The van der Waals surface area contributed by atoms with Gasteiger partial charge in [-0.25, -0.2) is 0 Å². The molecule has 0 fully saturated rings. The van der Waals surface area contributed by atoms with Crippen molar-refractivity contribution in [3.05, 3.63) is 89.5 Å². The maximum Gasteiger partial charge on any atom is 0.140 e. The lowest BCUT2D eigenvalue weighted by atomic mass is 9.80. The second-order valence-electron chi connectivity index (χ2n) is 5.28. The summed E-state index contributed by atoms with van der Waals surface area (Å²) >= 11 is 0. The van der Waals surface area contributed by atoms with Crippen LogP contribution >= 0.6 is 0 Å². The van der Waals surface area contributed by atoms with E-state index in [1.54, 1.807) is 18.2 Å². The molecule has 1 atom stereocenters. The van der Waals surface area contributed by atoms with Gasteiger partial charge < -0.3 is 10.2 Å².